The second-order valence-electron chi connectivity index (χ2n) is 4.48. The standard InChI is InChI=1S/C13H15NO5/c1-18-11(15)7-10-8-19-13(12(10)14(16)17)9-5-3-2-4-6-9/h2-6,10,12-13H,7-8H2,1H3/t10-,12-,13+/m0/s1. The van der Waals surface area contributed by atoms with Gasteiger partial charge in [0, 0.05) is 4.92 Å². The number of carbonyl (C=O) groups is 1. The van der Waals surface area contributed by atoms with Gasteiger partial charge in [0.2, 0.25) is 6.04 Å². The van der Waals surface area contributed by atoms with Gasteiger partial charge in [0.05, 0.1) is 26.1 Å². The minimum Gasteiger partial charge on any atom is -0.469 e. The molecule has 102 valence electrons. The first-order valence-electron chi connectivity index (χ1n) is 6.00. The Hall–Kier alpha value is -1.95. The highest BCUT2D eigenvalue weighted by Gasteiger charge is 2.47. The predicted molar refractivity (Wildman–Crippen MR) is 66.0 cm³/mol. The Kier molecular flexibility index (Phi) is 4.11. The minimum atomic E-state index is -0.915. The van der Waals surface area contributed by atoms with E-state index in [0.717, 1.165) is 5.56 Å². The molecule has 1 aliphatic heterocycles. The zero-order chi connectivity index (χ0) is 13.8. The lowest BCUT2D eigenvalue weighted by atomic mass is 9.92. The van der Waals surface area contributed by atoms with Crippen molar-refractivity contribution in [1.82, 2.24) is 0 Å². The molecule has 1 fully saturated rings. The third kappa shape index (κ3) is 2.90. The van der Waals surface area contributed by atoms with E-state index >= 15 is 0 Å². The molecule has 0 aromatic heterocycles. The number of esters is 1. The van der Waals surface area contributed by atoms with Crippen LogP contribution in [-0.2, 0) is 14.3 Å². The molecule has 1 aromatic carbocycles. The van der Waals surface area contributed by atoms with E-state index in [1.54, 1.807) is 12.1 Å². The van der Waals surface area contributed by atoms with Gasteiger partial charge in [0.1, 0.15) is 6.10 Å². The molecule has 0 unspecified atom stereocenters. The molecular formula is C13H15NO5. The summed E-state index contributed by atoms with van der Waals surface area (Å²) in [7, 11) is 1.27. The van der Waals surface area contributed by atoms with Crippen LogP contribution < -0.4 is 0 Å². The molecule has 1 aliphatic rings. The average Bonchev–Trinajstić information content (AvgIpc) is 2.83. The van der Waals surface area contributed by atoms with E-state index in [2.05, 4.69) is 4.74 Å². The van der Waals surface area contributed by atoms with Gasteiger partial charge in [-0.05, 0) is 5.56 Å². The number of carbonyl (C=O) groups excluding carboxylic acids is 1. The molecule has 0 saturated carbocycles. The Morgan fingerprint density at radius 2 is 2.16 bits per heavy atom. The second kappa shape index (κ2) is 5.79. The lowest BCUT2D eigenvalue weighted by Gasteiger charge is -2.15. The molecule has 19 heavy (non-hydrogen) atoms. The Morgan fingerprint density at radius 1 is 1.47 bits per heavy atom. The summed E-state index contributed by atoms with van der Waals surface area (Å²) in [6.07, 6.45) is -0.600. The number of hydrogen-bond acceptors (Lipinski definition) is 5. The van der Waals surface area contributed by atoms with Gasteiger partial charge in [-0.3, -0.25) is 14.9 Å². The number of methoxy groups -OCH3 is 1. The molecular weight excluding hydrogens is 250 g/mol. The quantitative estimate of drug-likeness (QED) is 0.469. The van der Waals surface area contributed by atoms with E-state index in [-0.39, 0.29) is 18.0 Å². The van der Waals surface area contributed by atoms with Crippen molar-refractivity contribution in [3.8, 4) is 0 Å². The van der Waals surface area contributed by atoms with Gasteiger partial charge < -0.3 is 9.47 Å². The van der Waals surface area contributed by atoms with Crippen molar-refractivity contribution in [2.24, 2.45) is 5.92 Å². The average molecular weight is 265 g/mol. The molecule has 0 N–H and O–H groups in total. The molecule has 3 atom stereocenters. The van der Waals surface area contributed by atoms with Crippen molar-refractivity contribution >= 4 is 5.97 Å². The highest BCUT2D eigenvalue weighted by Crippen LogP contribution is 2.36. The van der Waals surface area contributed by atoms with Crippen molar-refractivity contribution in [3.63, 3.8) is 0 Å². The maximum absolute atomic E-state index is 11.3. The van der Waals surface area contributed by atoms with Gasteiger partial charge in [-0.15, -0.1) is 0 Å². The fraction of sp³-hybridized carbons (Fsp3) is 0.462. The largest absolute Gasteiger partial charge is 0.469 e. The Balaban J connectivity index is 2.18. The van der Waals surface area contributed by atoms with E-state index in [9.17, 15) is 14.9 Å². The number of nitrogens with zero attached hydrogens (tertiary/aromatic N) is 1. The van der Waals surface area contributed by atoms with Crippen LogP contribution in [0.15, 0.2) is 30.3 Å². The second-order valence-corrected chi connectivity index (χ2v) is 4.48. The minimum absolute atomic E-state index is 0.00544. The fourth-order valence-electron chi connectivity index (χ4n) is 2.37. The highest BCUT2D eigenvalue weighted by molar-refractivity contribution is 5.69. The summed E-state index contributed by atoms with van der Waals surface area (Å²) in [5.41, 5.74) is 0.761. The summed E-state index contributed by atoms with van der Waals surface area (Å²) in [6, 6.07) is 8.13. The number of benzene rings is 1. The molecule has 6 nitrogen and oxygen atoms in total. The smallest absolute Gasteiger partial charge is 0.306 e. The molecule has 0 spiro atoms. The Bertz CT molecular complexity index is 461. The summed E-state index contributed by atoms with van der Waals surface area (Å²) in [6.45, 7) is 0.195. The van der Waals surface area contributed by atoms with Crippen LogP contribution in [-0.4, -0.2) is 30.7 Å². The molecule has 0 bridgehead atoms. The normalized spacial score (nSPS) is 26.1. The summed E-state index contributed by atoms with van der Waals surface area (Å²) < 4.78 is 10.1. The number of ether oxygens (including phenoxy) is 2. The van der Waals surface area contributed by atoms with Gasteiger partial charge in [-0.25, -0.2) is 0 Å². The van der Waals surface area contributed by atoms with Crippen LogP contribution >= 0.6 is 0 Å². The molecule has 1 aromatic rings. The molecule has 1 heterocycles. The van der Waals surface area contributed by atoms with Crippen molar-refractivity contribution in [1.29, 1.82) is 0 Å². The van der Waals surface area contributed by atoms with Crippen LogP contribution in [0.5, 0.6) is 0 Å². The van der Waals surface area contributed by atoms with E-state index in [0.29, 0.717) is 0 Å². The van der Waals surface area contributed by atoms with Gasteiger partial charge in [-0.1, -0.05) is 30.3 Å². The fourth-order valence-corrected chi connectivity index (χ4v) is 2.37. The Morgan fingerprint density at radius 3 is 2.74 bits per heavy atom. The first-order valence-corrected chi connectivity index (χ1v) is 6.00. The third-order valence-electron chi connectivity index (χ3n) is 3.31. The summed E-state index contributed by atoms with van der Waals surface area (Å²) in [5.74, 6) is -0.901. The first kappa shape index (κ1) is 13.5. The lowest BCUT2D eigenvalue weighted by molar-refractivity contribution is -0.535. The van der Waals surface area contributed by atoms with Crippen molar-refractivity contribution < 1.29 is 19.2 Å². The van der Waals surface area contributed by atoms with Crippen molar-refractivity contribution in [3.05, 3.63) is 46.0 Å². The SMILES string of the molecule is COC(=O)C[C@H]1CO[C@H](c2ccccc2)[C@H]1[N+](=O)[O-]. The molecule has 0 aliphatic carbocycles. The van der Waals surface area contributed by atoms with Gasteiger partial charge >= 0.3 is 5.97 Å². The number of nitro groups is 1. The van der Waals surface area contributed by atoms with Gasteiger partial charge in [0.25, 0.3) is 0 Å². The third-order valence-corrected chi connectivity index (χ3v) is 3.31. The zero-order valence-electron chi connectivity index (χ0n) is 10.5. The van der Waals surface area contributed by atoms with Crippen molar-refractivity contribution in [2.45, 2.75) is 18.6 Å². The summed E-state index contributed by atoms with van der Waals surface area (Å²) in [4.78, 5) is 22.2. The molecule has 0 radical (unpaired) electrons. The van der Waals surface area contributed by atoms with Gasteiger partial charge in [0.15, 0.2) is 0 Å². The number of hydrogen-bond donors (Lipinski definition) is 0. The van der Waals surface area contributed by atoms with Crippen molar-refractivity contribution in [2.75, 3.05) is 13.7 Å². The molecule has 2 rings (SSSR count). The molecule has 6 heteroatoms. The van der Waals surface area contributed by atoms with Crippen LogP contribution in [0.4, 0.5) is 0 Å². The molecule has 0 amide bonds. The number of rotatable bonds is 4. The maximum atomic E-state index is 11.3. The van der Waals surface area contributed by atoms with Gasteiger partial charge in [-0.2, -0.15) is 0 Å². The Labute approximate surface area is 110 Å². The highest BCUT2D eigenvalue weighted by atomic mass is 16.6. The van der Waals surface area contributed by atoms with E-state index in [1.165, 1.54) is 7.11 Å². The van der Waals surface area contributed by atoms with E-state index in [4.69, 9.17) is 4.74 Å². The monoisotopic (exact) mass is 265 g/mol. The maximum Gasteiger partial charge on any atom is 0.306 e. The van der Waals surface area contributed by atoms with Crippen LogP contribution in [0.2, 0.25) is 0 Å². The van der Waals surface area contributed by atoms with Crippen LogP contribution in [0, 0.1) is 16.0 Å². The molecule has 1 saturated heterocycles. The topological polar surface area (TPSA) is 78.7 Å². The van der Waals surface area contributed by atoms with E-state index in [1.807, 2.05) is 18.2 Å². The first-order chi connectivity index (χ1) is 9.13. The van der Waals surface area contributed by atoms with E-state index < -0.39 is 24.0 Å². The van der Waals surface area contributed by atoms with Crippen LogP contribution in [0.25, 0.3) is 0 Å². The zero-order valence-corrected chi connectivity index (χ0v) is 10.5. The predicted octanol–water partition coefficient (Wildman–Crippen LogP) is 1.58. The summed E-state index contributed by atoms with van der Waals surface area (Å²) >= 11 is 0. The summed E-state index contributed by atoms with van der Waals surface area (Å²) in [5, 5.41) is 11.2. The van der Waals surface area contributed by atoms with Crippen LogP contribution in [0.1, 0.15) is 18.1 Å². The lowest BCUT2D eigenvalue weighted by Crippen LogP contribution is -2.31. The van der Waals surface area contributed by atoms with Crippen LogP contribution in [0.3, 0.4) is 0 Å².